The standard InChI is InChI=1S/C13H21BrN2/c1-4-15-8-11(3)16-9-12-6-5-10(2)13(14)7-12/h5-7,11,15-16H,4,8-9H2,1-3H3. The highest BCUT2D eigenvalue weighted by molar-refractivity contribution is 9.10. The zero-order valence-electron chi connectivity index (χ0n) is 10.3. The summed E-state index contributed by atoms with van der Waals surface area (Å²) in [5.41, 5.74) is 2.60. The van der Waals surface area contributed by atoms with Gasteiger partial charge in [-0.05, 0) is 37.6 Å². The molecule has 0 saturated carbocycles. The quantitative estimate of drug-likeness (QED) is 0.840. The largest absolute Gasteiger partial charge is 0.315 e. The topological polar surface area (TPSA) is 24.1 Å². The van der Waals surface area contributed by atoms with Gasteiger partial charge in [0.1, 0.15) is 0 Å². The van der Waals surface area contributed by atoms with Crippen molar-refractivity contribution in [2.24, 2.45) is 0 Å². The highest BCUT2D eigenvalue weighted by atomic mass is 79.9. The second-order valence-electron chi connectivity index (χ2n) is 4.17. The van der Waals surface area contributed by atoms with Crippen LogP contribution in [-0.4, -0.2) is 19.1 Å². The van der Waals surface area contributed by atoms with Crippen LogP contribution in [0.5, 0.6) is 0 Å². The van der Waals surface area contributed by atoms with Crippen LogP contribution in [0.15, 0.2) is 22.7 Å². The molecule has 0 heterocycles. The van der Waals surface area contributed by atoms with E-state index in [1.54, 1.807) is 0 Å². The van der Waals surface area contributed by atoms with E-state index in [9.17, 15) is 0 Å². The lowest BCUT2D eigenvalue weighted by molar-refractivity contribution is 0.509. The third kappa shape index (κ3) is 4.64. The molecule has 2 nitrogen and oxygen atoms in total. The third-order valence-electron chi connectivity index (χ3n) is 2.59. The number of hydrogen-bond acceptors (Lipinski definition) is 2. The summed E-state index contributed by atoms with van der Waals surface area (Å²) in [6.45, 7) is 9.40. The van der Waals surface area contributed by atoms with Gasteiger partial charge >= 0.3 is 0 Å². The maximum Gasteiger partial charge on any atom is 0.0208 e. The third-order valence-corrected chi connectivity index (χ3v) is 3.45. The van der Waals surface area contributed by atoms with Gasteiger partial charge in [-0.25, -0.2) is 0 Å². The predicted molar refractivity (Wildman–Crippen MR) is 73.7 cm³/mol. The molecule has 3 heteroatoms. The minimum Gasteiger partial charge on any atom is -0.315 e. The Labute approximate surface area is 107 Å². The Kier molecular flexibility index (Phi) is 6.03. The summed E-state index contributed by atoms with van der Waals surface area (Å²) < 4.78 is 1.19. The van der Waals surface area contributed by atoms with Gasteiger partial charge in [-0.15, -0.1) is 0 Å². The Morgan fingerprint density at radius 1 is 1.38 bits per heavy atom. The van der Waals surface area contributed by atoms with Gasteiger partial charge < -0.3 is 10.6 Å². The van der Waals surface area contributed by atoms with Crippen molar-refractivity contribution in [1.29, 1.82) is 0 Å². The second-order valence-corrected chi connectivity index (χ2v) is 5.03. The van der Waals surface area contributed by atoms with Crippen LogP contribution < -0.4 is 10.6 Å². The van der Waals surface area contributed by atoms with Gasteiger partial charge in [-0.1, -0.05) is 35.0 Å². The summed E-state index contributed by atoms with van der Waals surface area (Å²) >= 11 is 3.55. The van der Waals surface area contributed by atoms with E-state index >= 15 is 0 Å². The van der Waals surface area contributed by atoms with E-state index < -0.39 is 0 Å². The molecule has 16 heavy (non-hydrogen) atoms. The normalized spacial score (nSPS) is 12.8. The molecule has 0 radical (unpaired) electrons. The van der Waals surface area contributed by atoms with Crippen molar-refractivity contribution in [3.63, 3.8) is 0 Å². The van der Waals surface area contributed by atoms with Gasteiger partial charge in [-0.2, -0.15) is 0 Å². The number of nitrogens with one attached hydrogen (secondary N) is 2. The molecule has 1 atom stereocenters. The van der Waals surface area contributed by atoms with Crippen LogP contribution in [0.3, 0.4) is 0 Å². The van der Waals surface area contributed by atoms with Crippen molar-refractivity contribution in [3.05, 3.63) is 33.8 Å². The minimum atomic E-state index is 0.500. The fourth-order valence-corrected chi connectivity index (χ4v) is 1.90. The summed E-state index contributed by atoms with van der Waals surface area (Å²) in [5, 5.41) is 6.83. The van der Waals surface area contributed by atoms with Gasteiger partial charge in [0.25, 0.3) is 0 Å². The Balaban J connectivity index is 2.39. The number of likely N-dealkylation sites (N-methyl/N-ethyl adjacent to an activating group) is 1. The summed E-state index contributed by atoms with van der Waals surface area (Å²) in [6.07, 6.45) is 0. The fraction of sp³-hybridized carbons (Fsp3) is 0.538. The summed E-state index contributed by atoms with van der Waals surface area (Å²) in [4.78, 5) is 0. The molecule has 0 aliphatic heterocycles. The average molecular weight is 285 g/mol. The highest BCUT2D eigenvalue weighted by Gasteiger charge is 2.01. The lowest BCUT2D eigenvalue weighted by atomic mass is 10.1. The fourth-order valence-electron chi connectivity index (χ4n) is 1.47. The predicted octanol–water partition coefficient (Wildman–Crippen LogP) is 2.85. The zero-order chi connectivity index (χ0) is 12.0. The summed E-state index contributed by atoms with van der Waals surface area (Å²) in [5.74, 6) is 0. The van der Waals surface area contributed by atoms with Crippen LogP contribution in [0.4, 0.5) is 0 Å². The molecule has 0 amide bonds. The van der Waals surface area contributed by atoms with Crippen molar-refractivity contribution in [2.45, 2.75) is 33.4 Å². The number of halogens is 1. The first-order valence-corrected chi connectivity index (χ1v) is 6.62. The molecule has 0 aliphatic carbocycles. The van der Waals surface area contributed by atoms with E-state index in [1.807, 2.05) is 0 Å². The Hall–Kier alpha value is -0.380. The van der Waals surface area contributed by atoms with Crippen molar-refractivity contribution in [1.82, 2.24) is 10.6 Å². The van der Waals surface area contributed by atoms with Gasteiger partial charge in [0.05, 0.1) is 0 Å². The highest BCUT2D eigenvalue weighted by Crippen LogP contribution is 2.17. The smallest absolute Gasteiger partial charge is 0.0208 e. The molecule has 1 rings (SSSR count). The van der Waals surface area contributed by atoms with Crippen LogP contribution in [0.1, 0.15) is 25.0 Å². The lowest BCUT2D eigenvalue weighted by Gasteiger charge is -2.14. The van der Waals surface area contributed by atoms with Gasteiger partial charge in [-0.3, -0.25) is 0 Å². The molecule has 1 unspecified atom stereocenters. The van der Waals surface area contributed by atoms with Crippen LogP contribution in [-0.2, 0) is 6.54 Å². The molecule has 0 fully saturated rings. The first kappa shape index (κ1) is 13.7. The van der Waals surface area contributed by atoms with Crippen molar-refractivity contribution < 1.29 is 0 Å². The SMILES string of the molecule is CCNCC(C)NCc1ccc(C)c(Br)c1. The van der Waals surface area contributed by atoms with E-state index in [-0.39, 0.29) is 0 Å². The molecule has 90 valence electrons. The Morgan fingerprint density at radius 3 is 2.75 bits per heavy atom. The molecule has 0 saturated heterocycles. The summed E-state index contributed by atoms with van der Waals surface area (Å²) in [6, 6.07) is 7.01. The average Bonchev–Trinajstić information content (AvgIpc) is 2.28. The number of hydrogen-bond donors (Lipinski definition) is 2. The maximum absolute atomic E-state index is 3.55. The van der Waals surface area contributed by atoms with E-state index in [0.29, 0.717) is 6.04 Å². The lowest BCUT2D eigenvalue weighted by Crippen LogP contribution is -2.35. The summed E-state index contributed by atoms with van der Waals surface area (Å²) in [7, 11) is 0. The number of benzene rings is 1. The molecule has 1 aromatic carbocycles. The molecule has 1 aromatic rings. The van der Waals surface area contributed by atoms with Gasteiger partial charge in [0.2, 0.25) is 0 Å². The van der Waals surface area contributed by atoms with Crippen molar-refractivity contribution >= 4 is 15.9 Å². The molecule has 0 bridgehead atoms. The first-order chi connectivity index (χ1) is 7.63. The van der Waals surface area contributed by atoms with Crippen LogP contribution >= 0.6 is 15.9 Å². The number of aryl methyl sites for hydroxylation is 1. The first-order valence-electron chi connectivity index (χ1n) is 5.82. The maximum atomic E-state index is 3.55. The zero-order valence-corrected chi connectivity index (χ0v) is 11.9. The van der Waals surface area contributed by atoms with Crippen molar-refractivity contribution in [3.8, 4) is 0 Å². The molecule has 0 aromatic heterocycles. The molecule has 0 aliphatic rings. The van der Waals surface area contributed by atoms with Gasteiger partial charge in [0, 0.05) is 23.6 Å². The minimum absolute atomic E-state index is 0.500. The van der Waals surface area contributed by atoms with E-state index in [0.717, 1.165) is 19.6 Å². The molecule has 2 N–H and O–H groups in total. The molecule has 0 spiro atoms. The molecular weight excluding hydrogens is 264 g/mol. The monoisotopic (exact) mass is 284 g/mol. The van der Waals surface area contributed by atoms with E-state index in [2.05, 4.69) is 65.5 Å². The second kappa shape index (κ2) is 7.05. The van der Waals surface area contributed by atoms with E-state index in [4.69, 9.17) is 0 Å². The number of rotatable bonds is 6. The van der Waals surface area contributed by atoms with Gasteiger partial charge in [0.15, 0.2) is 0 Å². The van der Waals surface area contributed by atoms with E-state index in [1.165, 1.54) is 15.6 Å². The van der Waals surface area contributed by atoms with Crippen LogP contribution in [0.25, 0.3) is 0 Å². The Bertz CT molecular complexity index is 326. The van der Waals surface area contributed by atoms with Crippen molar-refractivity contribution in [2.75, 3.05) is 13.1 Å². The van der Waals surface area contributed by atoms with Crippen LogP contribution in [0, 0.1) is 6.92 Å². The Morgan fingerprint density at radius 2 is 2.12 bits per heavy atom. The molecular formula is C13H21BrN2. The van der Waals surface area contributed by atoms with Crippen LogP contribution in [0.2, 0.25) is 0 Å².